The molecule has 0 spiro atoms. The number of fused-ring (bicyclic) bond motifs is 1. The largest absolute Gasteiger partial charge is 0.432 e. The minimum atomic E-state index is -3.00. The van der Waals surface area contributed by atoms with E-state index in [1.54, 1.807) is 13.1 Å². The first-order valence-corrected chi connectivity index (χ1v) is 13.4. The molecule has 0 saturated carbocycles. The van der Waals surface area contributed by atoms with Crippen LogP contribution in [0, 0.1) is 6.92 Å². The summed E-state index contributed by atoms with van der Waals surface area (Å²) in [6.45, 7) is 10.4. The van der Waals surface area contributed by atoms with Gasteiger partial charge in [-0.05, 0) is 59.4 Å². The van der Waals surface area contributed by atoms with Crippen molar-refractivity contribution in [1.29, 1.82) is 0 Å². The average Bonchev–Trinajstić information content (AvgIpc) is 3.06. The van der Waals surface area contributed by atoms with Crippen LogP contribution in [0.3, 0.4) is 0 Å². The Morgan fingerprint density at radius 1 is 1.12 bits per heavy atom. The fourth-order valence-corrected chi connectivity index (χ4v) is 4.15. The van der Waals surface area contributed by atoms with Gasteiger partial charge in [0.25, 0.3) is 0 Å². The van der Waals surface area contributed by atoms with Gasteiger partial charge in [0.2, 0.25) is 0 Å². The third-order valence-corrected chi connectivity index (χ3v) is 10.8. The first-order chi connectivity index (χ1) is 14.8. The summed E-state index contributed by atoms with van der Waals surface area (Å²) < 4.78 is 38.3. The summed E-state index contributed by atoms with van der Waals surface area (Å²) >= 11 is 0. The van der Waals surface area contributed by atoms with Crippen LogP contribution in [0.2, 0.25) is 18.1 Å². The molecular weight excluding hydrogens is 432 g/mol. The monoisotopic (exact) mass is 463 g/mol. The smallest absolute Gasteiger partial charge is 0.387 e. The van der Waals surface area contributed by atoms with E-state index in [0.29, 0.717) is 28.8 Å². The van der Waals surface area contributed by atoms with Crippen molar-refractivity contribution in [3.63, 3.8) is 0 Å². The highest BCUT2D eigenvalue weighted by Crippen LogP contribution is 2.38. The SMILES string of the molecule is Cc1ccc(C(O)c2cc(OC(F)F)c3c(c2)nnn3C)cc1CO[Si](C)(C)C(C)(C)C. The minimum Gasteiger partial charge on any atom is -0.432 e. The zero-order valence-electron chi connectivity index (χ0n) is 19.6. The molecule has 3 rings (SSSR count). The molecule has 0 radical (unpaired) electrons. The summed E-state index contributed by atoms with van der Waals surface area (Å²) in [5.41, 5.74) is 3.79. The van der Waals surface area contributed by atoms with Gasteiger partial charge in [0.05, 0.1) is 6.61 Å². The van der Waals surface area contributed by atoms with E-state index in [4.69, 9.17) is 4.43 Å². The number of aryl methyl sites for hydroxylation is 2. The van der Waals surface area contributed by atoms with E-state index in [2.05, 4.69) is 48.9 Å². The van der Waals surface area contributed by atoms with Crippen molar-refractivity contribution in [1.82, 2.24) is 15.0 Å². The van der Waals surface area contributed by atoms with Gasteiger partial charge in [-0.3, -0.25) is 0 Å². The zero-order valence-corrected chi connectivity index (χ0v) is 20.6. The lowest BCUT2D eigenvalue weighted by molar-refractivity contribution is -0.0491. The number of aliphatic hydroxyl groups is 1. The maximum atomic E-state index is 13.0. The molecule has 1 N–H and O–H groups in total. The number of halogens is 2. The summed E-state index contributed by atoms with van der Waals surface area (Å²) in [6, 6.07) is 8.71. The quantitative estimate of drug-likeness (QED) is 0.470. The predicted octanol–water partition coefficient (Wildman–Crippen LogP) is 5.48. The second-order valence-electron chi connectivity index (χ2n) is 9.62. The summed E-state index contributed by atoms with van der Waals surface area (Å²) in [5, 5.41) is 19.0. The Balaban J connectivity index is 1.93. The van der Waals surface area contributed by atoms with E-state index >= 15 is 0 Å². The summed E-state index contributed by atoms with van der Waals surface area (Å²) in [7, 11) is -0.342. The van der Waals surface area contributed by atoms with Crippen LogP contribution in [0.5, 0.6) is 5.75 Å². The normalized spacial score (nSPS) is 13.7. The van der Waals surface area contributed by atoms with Crippen molar-refractivity contribution in [3.8, 4) is 5.75 Å². The van der Waals surface area contributed by atoms with Crippen LogP contribution in [0.25, 0.3) is 11.0 Å². The van der Waals surface area contributed by atoms with Gasteiger partial charge in [-0.2, -0.15) is 8.78 Å². The van der Waals surface area contributed by atoms with Crippen LogP contribution in [0.4, 0.5) is 8.78 Å². The zero-order chi connectivity index (χ0) is 23.8. The number of benzene rings is 2. The van der Waals surface area contributed by atoms with Crippen molar-refractivity contribution < 1.29 is 23.1 Å². The summed E-state index contributed by atoms with van der Waals surface area (Å²) in [4.78, 5) is 0. The van der Waals surface area contributed by atoms with Crippen molar-refractivity contribution in [2.24, 2.45) is 7.05 Å². The van der Waals surface area contributed by atoms with Crippen molar-refractivity contribution in [2.75, 3.05) is 0 Å². The number of rotatable bonds is 7. The number of nitrogens with zero attached hydrogens (tertiary/aromatic N) is 3. The Morgan fingerprint density at radius 3 is 2.44 bits per heavy atom. The molecule has 0 aliphatic heterocycles. The molecule has 32 heavy (non-hydrogen) atoms. The Morgan fingerprint density at radius 2 is 1.81 bits per heavy atom. The third kappa shape index (κ3) is 5.00. The molecule has 1 atom stereocenters. The van der Waals surface area contributed by atoms with E-state index in [-0.39, 0.29) is 10.8 Å². The van der Waals surface area contributed by atoms with Gasteiger partial charge in [0.1, 0.15) is 17.1 Å². The average molecular weight is 464 g/mol. The lowest BCUT2D eigenvalue weighted by Crippen LogP contribution is -2.40. The number of ether oxygens (including phenoxy) is 1. The van der Waals surface area contributed by atoms with Crippen LogP contribution in [-0.2, 0) is 18.1 Å². The highest BCUT2D eigenvalue weighted by atomic mass is 28.4. The van der Waals surface area contributed by atoms with Crippen LogP contribution in [-0.4, -0.2) is 35.0 Å². The Hall–Kier alpha value is -2.36. The van der Waals surface area contributed by atoms with Crippen molar-refractivity contribution in [2.45, 2.75) is 65.1 Å². The molecule has 1 aromatic heterocycles. The first-order valence-electron chi connectivity index (χ1n) is 10.5. The number of aliphatic hydroxyl groups excluding tert-OH is 1. The topological polar surface area (TPSA) is 69.4 Å². The minimum absolute atomic E-state index is 0.0763. The summed E-state index contributed by atoms with van der Waals surface area (Å²) in [5.74, 6) is -0.0763. The van der Waals surface area contributed by atoms with Crippen molar-refractivity contribution >= 4 is 19.4 Å². The fourth-order valence-electron chi connectivity index (χ4n) is 3.20. The van der Waals surface area contributed by atoms with E-state index in [0.717, 1.165) is 11.1 Å². The maximum absolute atomic E-state index is 13.0. The predicted molar refractivity (Wildman–Crippen MR) is 122 cm³/mol. The molecule has 0 aliphatic rings. The van der Waals surface area contributed by atoms with Gasteiger partial charge in [0.15, 0.2) is 14.1 Å². The lowest BCUT2D eigenvalue weighted by Gasteiger charge is -2.36. The van der Waals surface area contributed by atoms with Crippen LogP contribution in [0.1, 0.15) is 49.1 Å². The van der Waals surface area contributed by atoms with E-state index < -0.39 is 21.0 Å². The molecule has 0 aliphatic carbocycles. The van der Waals surface area contributed by atoms with Crippen LogP contribution >= 0.6 is 0 Å². The van der Waals surface area contributed by atoms with E-state index in [9.17, 15) is 13.9 Å². The van der Waals surface area contributed by atoms with Gasteiger partial charge in [-0.1, -0.05) is 44.2 Å². The molecular formula is C23H31F2N3O3Si. The number of hydrogen-bond donors (Lipinski definition) is 1. The van der Waals surface area contributed by atoms with Gasteiger partial charge in [-0.15, -0.1) is 5.10 Å². The second-order valence-corrected chi connectivity index (χ2v) is 14.4. The number of aromatic nitrogens is 3. The highest BCUT2D eigenvalue weighted by molar-refractivity contribution is 6.74. The molecule has 3 aromatic rings. The van der Waals surface area contributed by atoms with E-state index in [1.807, 2.05) is 25.1 Å². The van der Waals surface area contributed by atoms with Crippen molar-refractivity contribution in [3.05, 3.63) is 52.6 Å². The fraction of sp³-hybridized carbons (Fsp3) is 0.478. The lowest BCUT2D eigenvalue weighted by atomic mass is 9.97. The first kappa shape index (κ1) is 24.3. The Bertz CT molecular complexity index is 1110. The van der Waals surface area contributed by atoms with Crippen LogP contribution in [0.15, 0.2) is 30.3 Å². The number of hydrogen-bond acceptors (Lipinski definition) is 5. The molecule has 0 amide bonds. The van der Waals surface area contributed by atoms with Gasteiger partial charge in [0, 0.05) is 7.05 Å². The third-order valence-electron chi connectivity index (χ3n) is 6.30. The molecule has 0 bridgehead atoms. The molecule has 0 saturated heterocycles. The molecule has 9 heteroatoms. The van der Waals surface area contributed by atoms with Gasteiger partial charge in [-0.25, -0.2) is 4.68 Å². The second kappa shape index (κ2) is 8.88. The summed E-state index contributed by atoms with van der Waals surface area (Å²) in [6.07, 6.45) is -1.05. The molecule has 1 unspecified atom stereocenters. The number of alkyl halides is 2. The Kier molecular flexibility index (Phi) is 6.74. The maximum Gasteiger partial charge on any atom is 0.387 e. The molecule has 174 valence electrons. The molecule has 6 nitrogen and oxygen atoms in total. The molecule has 0 fully saturated rings. The molecule has 1 heterocycles. The molecule has 2 aromatic carbocycles. The highest BCUT2D eigenvalue weighted by Gasteiger charge is 2.37. The standard InChI is InChI=1S/C23H31F2N3O3Si/c1-14-8-9-15(10-17(14)13-30-32(6,7)23(2,3)4)21(29)16-11-18-20(28(5)27-26-18)19(12-16)31-22(24)25/h8-12,21-22,29H,13H2,1-7H3. The van der Waals surface area contributed by atoms with Gasteiger partial charge >= 0.3 is 6.61 Å². The van der Waals surface area contributed by atoms with Crippen LogP contribution < -0.4 is 4.74 Å². The Labute approximate surface area is 188 Å². The van der Waals surface area contributed by atoms with E-state index in [1.165, 1.54) is 10.7 Å². The van der Waals surface area contributed by atoms with Gasteiger partial charge < -0.3 is 14.3 Å².